The lowest BCUT2D eigenvalue weighted by molar-refractivity contribution is 0.262. The quantitative estimate of drug-likeness (QED) is 0.360. The van der Waals surface area contributed by atoms with Gasteiger partial charge < -0.3 is 10.6 Å². The van der Waals surface area contributed by atoms with Crippen LogP contribution in [0.5, 0.6) is 0 Å². The first-order valence-corrected chi connectivity index (χ1v) is 11.3. The summed E-state index contributed by atoms with van der Waals surface area (Å²) in [6.07, 6.45) is 1.55. The molecule has 6 nitrogen and oxygen atoms in total. The molecule has 0 saturated heterocycles. The maximum atomic E-state index is 12.5. The van der Waals surface area contributed by atoms with Crippen LogP contribution in [0.15, 0.2) is 76.6 Å². The number of hydrogen-bond donors (Lipinski definition) is 2. The van der Waals surface area contributed by atoms with E-state index in [-0.39, 0.29) is 11.6 Å². The van der Waals surface area contributed by atoms with Crippen molar-refractivity contribution in [2.24, 2.45) is 0 Å². The number of pyridine rings is 1. The predicted octanol–water partition coefficient (Wildman–Crippen LogP) is 5.90. The van der Waals surface area contributed by atoms with Crippen molar-refractivity contribution in [2.75, 3.05) is 10.6 Å². The van der Waals surface area contributed by atoms with Crippen molar-refractivity contribution in [3.05, 3.63) is 99.1 Å². The number of fused-ring (bicyclic) bond motifs is 1. The third-order valence-electron chi connectivity index (χ3n) is 4.95. The van der Waals surface area contributed by atoms with E-state index in [4.69, 9.17) is 11.6 Å². The number of rotatable bonds is 5. The van der Waals surface area contributed by atoms with Crippen molar-refractivity contribution in [1.29, 1.82) is 0 Å². The topological polar surface area (TPSA) is 75.5 Å². The Morgan fingerprint density at radius 3 is 2.66 bits per heavy atom. The number of halogens is 1. The van der Waals surface area contributed by atoms with E-state index in [1.54, 1.807) is 18.3 Å². The van der Waals surface area contributed by atoms with Crippen LogP contribution in [0, 0.1) is 13.8 Å². The summed E-state index contributed by atoms with van der Waals surface area (Å²) in [6.45, 7) is 4.03. The molecule has 0 unspecified atom stereocenters. The first-order chi connectivity index (χ1) is 15.4. The van der Waals surface area contributed by atoms with Crippen LogP contribution < -0.4 is 16.2 Å². The molecule has 0 atom stereocenters. The van der Waals surface area contributed by atoms with Gasteiger partial charge in [0, 0.05) is 28.6 Å². The molecule has 2 amide bonds. The molecular formula is C24H21ClN4O2S. The number of benzene rings is 2. The summed E-state index contributed by atoms with van der Waals surface area (Å²) in [5.74, 6) is 0.478. The van der Waals surface area contributed by atoms with E-state index in [9.17, 15) is 9.59 Å². The molecule has 0 aliphatic heterocycles. The molecule has 0 aliphatic carbocycles. The van der Waals surface area contributed by atoms with E-state index in [0.29, 0.717) is 27.8 Å². The minimum Gasteiger partial charge on any atom is -0.308 e. The molecule has 2 aromatic heterocycles. The van der Waals surface area contributed by atoms with Crippen LogP contribution in [0.25, 0.3) is 5.65 Å². The number of para-hydroxylation sites is 1. The number of carbonyl (C=O) groups excluding carboxylic acids is 1. The zero-order valence-corrected chi connectivity index (χ0v) is 19.1. The van der Waals surface area contributed by atoms with Crippen LogP contribution in [0.1, 0.15) is 16.8 Å². The molecule has 0 fully saturated rings. The lowest BCUT2D eigenvalue weighted by atomic mass is 10.1. The molecule has 0 saturated carbocycles. The molecule has 0 aliphatic rings. The van der Waals surface area contributed by atoms with Crippen molar-refractivity contribution < 1.29 is 4.79 Å². The molecule has 4 rings (SSSR count). The number of nitrogens with one attached hydrogen (secondary N) is 2. The van der Waals surface area contributed by atoms with Crippen LogP contribution >= 0.6 is 23.4 Å². The SMILES string of the molecule is Cc1ccc(NC(=O)Nc2ccccc2SCc2cc(=O)n3cc(Cl)ccc3n2)cc1C. The second kappa shape index (κ2) is 9.46. The first kappa shape index (κ1) is 21.9. The Kier molecular flexibility index (Phi) is 6.48. The summed E-state index contributed by atoms with van der Waals surface area (Å²) in [5.41, 5.74) is 4.70. The fourth-order valence-electron chi connectivity index (χ4n) is 3.15. The van der Waals surface area contributed by atoms with Gasteiger partial charge in [0.25, 0.3) is 5.56 Å². The highest BCUT2D eigenvalue weighted by Crippen LogP contribution is 2.29. The number of hydrogen-bond acceptors (Lipinski definition) is 4. The van der Waals surface area contributed by atoms with Gasteiger partial charge in [0.15, 0.2) is 0 Å². The van der Waals surface area contributed by atoms with Crippen molar-refractivity contribution in [3.8, 4) is 0 Å². The van der Waals surface area contributed by atoms with Gasteiger partial charge in [-0.25, -0.2) is 9.78 Å². The Labute approximate surface area is 194 Å². The zero-order valence-electron chi connectivity index (χ0n) is 17.6. The van der Waals surface area contributed by atoms with E-state index in [2.05, 4.69) is 15.6 Å². The van der Waals surface area contributed by atoms with Crippen molar-refractivity contribution >= 4 is 46.4 Å². The molecule has 162 valence electrons. The van der Waals surface area contributed by atoms with Gasteiger partial charge in [-0.15, -0.1) is 11.8 Å². The smallest absolute Gasteiger partial charge is 0.308 e. The molecule has 4 aromatic rings. The van der Waals surface area contributed by atoms with Crippen LogP contribution in [-0.2, 0) is 5.75 Å². The van der Waals surface area contributed by atoms with Crippen LogP contribution in [0.3, 0.4) is 0 Å². The molecule has 2 N–H and O–H groups in total. The lowest BCUT2D eigenvalue weighted by Gasteiger charge is -2.12. The van der Waals surface area contributed by atoms with Gasteiger partial charge in [-0.3, -0.25) is 9.20 Å². The number of aryl methyl sites for hydroxylation is 2. The van der Waals surface area contributed by atoms with Gasteiger partial charge >= 0.3 is 6.03 Å². The van der Waals surface area contributed by atoms with Crippen molar-refractivity contribution in [1.82, 2.24) is 9.38 Å². The van der Waals surface area contributed by atoms with Gasteiger partial charge in [-0.1, -0.05) is 29.8 Å². The van der Waals surface area contributed by atoms with E-state index in [1.807, 2.05) is 56.3 Å². The molecule has 2 aromatic carbocycles. The number of urea groups is 1. The van der Waals surface area contributed by atoms with Gasteiger partial charge in [0.1, 0.15) is 5.65 Å². The molecule has 8 heteroatoms. The number of aromatic nitrogens is 2. The molecular weight excluding hydrogens is 444 g/mol. The van der Waals surface area contributed by atoms with E-state index < -0.39 is 0 Å². The summed E-state index contributed by atoms with van der Waals surface area (Å²) in [5, 5.41) is 6.24. The van der Waals surface area contributed by atoms with Crippen LogP contribution in [0.4, 0.5) is 16.2 Å². The normalized spacial score (nSPS) is 10.8. The standard InChI is InChI=1S/C24H21ClN4O2S/c1-15-7-9-18(11-16(15)2)27-24(31)28-20-5-3-4-6-21(20)32-14-19-12-23(30)29-13-17(25)8-10-22(29)26-19/h3-13H,14H2,1-2H3,(H2,27,28,31). The third-order valence-corrected chi connectivity index (χ3v) is 6.28. The number of amides is 2. The number of anilines is 2. The van der Waals surface area contributed by atoms with E-state index >= 15 is 0 Å². The van der Waals surface area contributed by atoms with Gasteiger partial charge in [0.2, 0.25) is 0 Å². The molecule has 32 heavy (non-hydrogen) atoms. The Morgan fingerprint density at radius 1 is 1.03 bits per heavy atom. The second-order valence-corrected chi connectivity index (χ2v) is 8.78. The average Bonchev–Trinajstić information content (AvgIpc) is 2.76. The Hall–Kier alpha value is -3.29. The molecule has 0 radical (unpaired) electrons. The predicted molar refractivity (Wildman–Crippen MR) is 131 cm³/mol. The molecule has 0 spiro atoms. The zero-order chi connectivity index (χ0) is 22.7. The Morgan fingerprint density at radius 2 is 1.84 bits per heavy atom. The third kappa shape index (κ3) is 5.12. The fourth-order valence-corrected chi connectivity index (χ4v) is 4.21. The summed E-state index contributed by atoms with van der Waals surface area (Å²) >= 11 is 7.46. The van der Waals surface area contributed by atoms with E-state index in [0.717, 1.165) is 16.1 Å². The highest BCUT2D eigenvalue weighted by atomic mass is 35.5. The first-order valence-electron chi connectivity index (χ1n) is 9.94. The highest BCUT2D eigenvalue weighted by Gasteiger charge is 2.10. The number of thioether (sulfide) groups is 1. The Bertz CT molecular complexity index is 1370. The monoisotopic (exact) mass is 464 g/mol. The number of carbonyl (C=O) groups is 1. The minimum atomic E-state index is -0.319. The van der Waals surface area contributed by atoms with Gasteiger partial charge in [-0.2, -0.15) is 0 Å². The summed E-state index contributed by atoms with van der Waals surface area (Å²) in [6, 6.07) is 17.9. The average molecular weight is 465 g/mol. The number of nitrogens with zero attached hydrogens (tertiary/aromatic N) is 2. The maximum Gasteiger partial charge on any atom is 0.323 e. The van der Waals surface area contributed by atoms with Gasteiger partial charge in [0.05, 0.1) is 16.4 Å². The highest BCUT2D eigenvalue weighted by molar-refractivity contribution is 7.98. The largest absolute Gasteiger partial charge is 0.323 e. The van der Waals surface area contributed by atoms with Crippen molar-refractivity contribution in [3.63, 3.8) is 0 Å². The van der Waals surface area contributed by atoms with Gasteiger partial charge in [-0.05, 0) is 61.4 Å². The maximum absolute atomic E-state index is 12.5. The lowest BCUT2D eigenvalue weighted by Crippen LogP contribution is -2.20. The summed E-state index contributed by atoms with van der Waals surface area (Å²) < 4.78 is 1.42. The Balaban J connectivity index is 1.47. The van der Waals surface area contributed by atoms with E-state index in [1.165, 1.54) is 27.8 Å². The molecule has 0 bridgehead atoms. The fraction of sp³-hybridized carbons (Fsp3) is 0.125. The van der Waals surface area contributed by atoms with Crippen LogP contribution in [0.2, 0.25) is 5.02 Å². The second-order valence-electron chi connectivity index (χ2n) is 7.32. The summed E-state index contributed by atoms with van der Waals surface area (Å²) in [4.78, 5) is 30.3. The van der Waals surface area contributed by atoms with Crippen molar-refractivity contribution in [2.45, 2.75) is 24.5 Å². The summed E-state index contributed by atoms with van der Waals surface area (Å²) in [7, 11) is 0. The minimum absolute atomic E-state index is 0.188. The van der Waals surface area contributed by atoms with Crippen LogP contribution in [-0.4, -0.2) is 15.4 Å². The molecule has 2 heterocycles.